The van der Waals surface area contributed by atoms with Crippen LogP contribution in [0.3, 0.4) is 0 Å². The van der Waals surface area contributed by atoms with E-state index in [-0.39, 0.29) is 0 Å². The van der Waals surface area contributed by atoms with E-state index in [1.807, 2.05) is 0 Å². The van der Waals surface area contributed by atoms with Gasteiger partial charge in [-0.15, -0.1) is 0 Å². The Morgan fingerprint density at radius 2 is 2.09 bits per heavy atom. The molecule has 2 atom stereocenters. The number of cyclic esters (lactones) is 1. The molecule has 0 radical (unpaired) electrons. The third-order valence-corrected chi connectivity index (χ3v) is 2.73. The molecule has 0 unspecified atom stereocenters. The first-order chi connectivity index (χ1) is 10.5. The Hall–Kier alpha value is -2.92. The Balaban J connectivity index is 0.000000162. The van der Waals surface area contributed by atoms with Crippen LogP contribution in [0.5, 0.6) is 0 Å². The third-order valence-electron chi connectivity index (χ3n) is 2.73. The summed E-state index contributed by atoms with van der Waals surface area (Å²) in [7, 11) is 0. The maximum Gasteiger partial charge on any atom is 0.377 e. The first-order valence-corrected chi connectivity index (χ1v) is 5.97. The number of carbonyl (C=O) groups excluding carboxylic acids is 1. The number of aromatic amines is 1. The number of H-pyrrole nitrogens is 1. The molecule has 11 heteroatoms. The summed E-state index contributed by atoms with van der Waals surface area (Å²) in [5.74, 6) is -2.35. The monoisotopic (exact) mass is 311 g/mol. The van der Waals surface area contributed by atoms with E-state index in [0.29, 0.717) is 17.0 Å². The zero-order valence-electron chi connectivity index (χ0n) is 11.0. The fourth-order valence-corrected chi connectivity index (χ4v) is 1.61. The molecule has 0 saturated carbocycles. The quantitative estimate of drug-likeness (QED) is 0.357. The van der Waals surface area contributed by atoms with Gasteiger partial charge in [0.1, 0.15) is 17.9 Å². The van der Waals surface area contributed by atoms with Gasteiger partial charge in [0.15, 0.2) is 23.3 Å². The average molecular weight is 311 g/mol. The predicted molar refractivity (Wildman–Crippen MR) is 71.4 cm³/mol. The number of aromatic nitrogens is 4. The van der Waals surface area contributed by atoms with Crippen molar-refractivity contribution in [3.05, 3.63) is 24.2 Å². The molecule has 1 aliphatic heterocycles. The summed E-state index contributed by atoms with van der Waals surface area (Å²) in [6.45, 7) is -0.671. The van der Waals surface area contributed by atoms with Gasteiger partial charge in [-0.1, -0.05) is 0 Å². The number of nitrogens with two attached hydrogens (primary N) is 1. The number of hydrogen-bond donors (Lipinski definition) is 6. The summed E-state index contributed by atoms with van der Waals surface area (Å²) < 4.78 is 4.32. The van der Waals surface area contributed by atoms with Crippen LogP contribution in [0.25, 0.3) is 11.2 Å². The Morgan fingerprint density at radius 3 is 2.64 bits per heavy atom. The van der Waals surface area contributed by atoms with Crippen LogP contribution >= 0.6 is 0 Å². The molecule has 3 heterocycles. The first-order valence-electron chi connectivity index (χ1n) is 5.97. The second kappa shape index (κ2) is 6.24. The van der Waals surface area contributed by atoms with E-state index in [1.165, 1.54) is 12.7 Å². The Bertz CT molecular complexity index is 714. The second-order valence-corrected chi connectivity index (χ2v) is 4.17. The number of nitrogens with zero attached hydrogens (tertiary/aromatic N) is 3. The zero-order valence-corrected chi connectivity index (χ0v) is 11.0. The van der Waals surface area contributed by atoms with Crippen molar-refractivity contribution in [2.45, 2.75) is 12.2 Å². The van der Waals surface area contributed by atoms with Crippen molar-refractivity contribution < 1.29 is 30.0 Å². The van der Waals surface area contributed by atoms with Gasteiger partial charge in [-0.3, -0.25) is 0 Å². The fourth-order valence-electron chi connectivity index (χ4n) is 1.61. The van der Waals surface area contributed by atoms with E-state index >= 15 is 0 Å². The van der Waals surface area contributed by atoms with Crippen molar-refractivity contribution in [1.29, 1.82) is 0 Å². The number of imidazole rings is 1. The molecule has 1 aliphatic rings. The van der Waals surface area contributed by atoms with Crippen molar-refractivity contribution in [3.8, 4) is 0 Å². The zero-order chi connectivity index (χ0) is 16.3. The van der Waals surface area contributed by atoms with Crippen molar-refractivity contribution in [1.82, 2.24) is 19.9 Å². The van der Waals surface area contributed by atoms with E-state index in [2.05, 4.69) is 24.7 Å². The van der Waals surface area contributed by atoms with Crippen LogP contribution in [0.1, 0.15) is 0 Å². The highest BCUT2D eigenvalue weighted by atomic mass is 16.6. The first kappa shape index (κ1) is 15.5. The number of carbonyl (C=O) groups is 1. The smallest absolute Gasteiger partial charge is 0.377 e. The highest BCUT2D eigenvalue weighted by molar-refractivity contribution is 5.89. The number of nitrogen functional groups attached to an aromatic ring is 1. The van der Waals surface area contributed by atoms with E-state index in [9.17, 15) is 4.79 Å². The maximum absolute atomic E-state index is 10.5. The standard InChI is InChI=1S/C6H8O6.C5H5N5/c7-1-2(8)5-3(9)4(10)6(11)12-5;6-4-3-5(9-1-7-3)10-2-8-4/h2,5,7-10H,1H2;1-2H,(H3,6,7,8,9,10)/t2-,5+;/m0./s1. The van der Waals surface area contributed by atoms with Crippen LogP contribution in [0.2, 0.25) is 0 Å². The molecular weight excluding hydrogens is 298 g/mol. The van der Waals surface area contributed by atoms with Crippen LogP contribution < -0.4 is 5.73 Å². The number of aliphatic hydroxyl groups is 4. The number of aliphatic hydroxyl groups excluding tert-OH is 4. The van der Waals surface area contributed by atoms with Gasteiger partial charge in [-0.05, 0) is 0 Å². The molecule has 11 nitrogen and oxygen atoms in total. The molecule has 118 valence electrons. The lowest BCUT2D eigenvalue weighted by molar-refractivity contribution is -0.147. The van der Waals surface area contributed by atoms with Crippen LogP contribution in [0.4, 0.5) is 5.82 Å². The number of esters is 1. The lowest BCUT2D eigenvalue weighted by atomic mass is 10.2. The molecule has 0 spiro atoms. The highest BCUT2D eigenvalue weighted by Gasteiger charge is 2.38. The SMILES string of the molecule is Nc1ncnc2nc[nH]c12.O=C1O[C@H]([C@@H](O)CO)C(O)=C1O. The van der Waals surface area contributed by atoms with Crippen LogP contribution in [-0.2, 0) is 9.53 Å². The van der Waals surface area contributed by atoms with Gasteiger partial charge in [-0.25, -0.2) is 19.7 Å². The van der Waals surface area contributed by atoms with Gasteiger partial charge < -0.3 is 35.9 Å². The van der Waals surface area contributed by atoms with Gasteiger partial charge in [0, 0.05) is 0 Å². The summed E-state index contributed by atoms with van der Waals surface area (Å²) in [5.41, 5.74) is 6.78. The highest BCUT2D eigenvalue weighted by Crippen LogP contribution is 2.20. The summed E-state index contributed by atoms with van der Waals surface area (Å²) in [6, 6.07) is 0. The summed E-state index contributed by atoms with van der Waals surface area (Å²) in [5, 5.41) is 35.0. The second-order valence-electron chi connectivity index (χ2n) is 4.17. The Morgan fingerprint density at radius 1 is 1.36 bits per heavy atom. The largest absolute Gasteiger partial charge is 0.505 e. The van der Waals surface area contributed by atoms with Gasteiger partial charge in [0.2, 0.25) is 5.76 Å². The number of rotatable bonds is 2. The molecule has 3 rings (SSSR count). The number of nitrogens with one attached hydrogen (secondary N) is 1. The number of hydrogen-bond acceptors (Lipinski definition) is 10. The minimum Gasteiger partial charge on any atom is -0.505 e. The lowest BCUT2D eigenvalue weighted by Crippen LogP contribution is -2.31. The minimum absolute atomic E-state index is 0.433. The van der Waals surface area contributed by atoms with E-state index < -0.39 is 36.3 Å². The molecule has 0 saturated heterocycles. The van der Waals surface area contributed by atoms with Gasteiger partial charge in [0.05, 0.1) is 12.9 Å². The van der Waals surface area contributed by atoms with E-state index in [0.717, 1.165) is 0 Å². The van der Waals surface area contributed by atoms with Crippen molar-refractivity contribution in [3.63, 3.8) is 0 Å². The van der Waals surface area contributed by atoms with Gasteiger partial charge in [0.25, 0.3) is 0 Å². The van der Waals surface area contributed by atoms with Gasteiger partial charge >= 0.3 is 5.97 Å². The molecule has 0 bridgehead atoms. The molecule has 2 aromatic heterocycles. The molecular formula is C11H13N5O6. The summed E-state index contributed by atoms with van der Waals surface area (Å²) in [6.07, 6.45) is 0.148. The predicted octanol–water partition coefficient (Wildman–Crippen LogP) is -1.47. The Kier molecular flexibility index (Phi) is 4.39. The third kappa shape index (κ3) is 2.89. The van der Waals surface area contributed by atoms with Crippen molar-refractivity contribution in [2.75, 3.05) is 12.3 Å². The molecule has 0 aliphatic carbocycles. The molecule has 0 aromatic carbocycles. The van der Waals surface area contributed by atoms with E-state index in [1.54, 1.807) is 0 Å². The van der Waals surface area contributed by atoms with Crippen LogP contribution in [0, 0.1) is 0 Å². The van der Waals surface area contributed by atoms with Crippen molar-refractivity contribution in [2.24, 2.45) is 0 Å². The van der Waals surface area contributed by atoms with Crippen LogP contribution in [0.15, 0.2) is 24.2 Å². The van der Waals surface area contributed by atoms with Crippen LogP contribution in [-0.4, -0.2) is 65.1 Å². The normalized spacial score (nSPS) is 18.8. The molecule has 2 aromatic rings. The number of ether oxygens (including phenoxy) is 1. The average Bonchev–Trinajstić information content (AvgIpc) is 3.09. The fraction of sp³-hybridized carbons (Fsp3) is 0.273. The number of fused-ring (bicyclic) bond motifs is 1. The number of anilines is 1. The maximum atomic E-state index is 10.5. The topological polar surface area (TPSA) is 188 Å². The molecule has 22 heavy (non-hydrogen) atoms. The van der Waals surface area contributed by atoms with Crippen molar-refractivity contribution >= 4 is 23.0 Å². The molecule has 0 fully saturated rings. The lowest BCUT2D eigenvalue weighted by Gasteiger charge is -2.13. The summed E-state index contributed by atoms with van der Waals surface area (Å²) in [4.78, 5) is 24.9. The van der Waals surface area contributed by atoms with Gasteiger partial charge in [-0.2, -0.15) is 0 Å². The minimum atomic E-state index is -1.42. The van der Waals surface area contributed by atoms with E-state index in [4.69, 9.17) is 26.2 Å². The molecule has 0 amide bonds. The molecule has 7 N–H and O–H groups in total. The Labute approximate surface area is 122 Å². The summed E-state index contributed by atoms with van der Waals surface area (Å²) >= 11 is 0.